The molecule has 0 unspecified atom stereocenters. The molecule has 0 aromatic heterocycles. The van der Waals surface area contributed by atoms with Gasteiger partial charge in [0, 0.05) is 13.6 Å². The lowest BCUT2D eigenvalue weighted by atomic mass is 10.1. The topological polar surface area (TPSA) is 51.9 Å². The summed E-state index contributed by atoms with van der Waals surface area (Å²) in [5.41, 5.74) is 0. The van der Waals surface area contributed by atoms with Crippen molar-refractivity contribution in [3.8, 4) is 6.19 Å². The molecule has 0 aromatic carbocycles. The lowest BCUT2D eigenvalue weighted by molar-refractivity contribution is 0.386. The second-order valence-electron chi connectivity index (χ2n) is 2.88. The van der Waals surface area contributed by atoms with Gasteiger partial charge in [0.2, 0.25) is 6.19 Å². The molecule has 11 heavy (non-hydrogen) atoms. The van der Waals surface area contributed by atoms with Crippen LogP contribution in [0.15, 0.2) is 4.99 Å². The highest BCUT2D eigenvalue weighted by atomic mass is 16.6. The Balaban J connectivity index is 2.17. The summed E-state index contributed by atoms with van der Waals surface area (Å²) in [4.78, 5) is 5.69. The van der Waals surface area contributed by atoms with Crippen LogP contribution in [0.1, 0.15) is 6.42 Å². The van der Waals surface area contributed by atoms with E-state index in [1.807, 2.05) is 11.9 Å². The van der Waals surface area contributed by atoms with Crippen LogP contribution in [0.5, 0.6) is 0 Å². The fraction of sp³-hybridized carbons (Fsp3) is 0.714. The summed E-state index contributed by atoms with van der Waals surface area (Å²) in [6.07, 6.45) is 3.32. The molecule has 2 aliphatic rings. The summed E-state index contributed by atoms with van der Waals surface area (Å²) >= 11 is 0. The molecule has 0 bridgehead atoms. The highest BCUT2D eigenvalue weighted by Crippen LogP contribution is 2.31. The fourth-order valence-corrected chi connectivity index (χ4v) is 1.44. The molecule has 0 N–H and O–H groups in total. The van der Waals surface area contributed by atoms with Crippen molar-refractivity contribution in [3.05, 3.63) is 0 Å². The molecule has 0 spiro atoms. The predicted octanol–water partition coefficient (Wildman–Crippen LogP) is -0.0311. The number of likely N-dealkylation sites (tertiary alicyclic amines) is 1. The monoisotopic (exact) mass is 151 g/mol. The Kier molecular flexibility index (Phi) is 1.33. The zero-order valence-corrected chi connectivity index (χ0v) is 6.32. The Hall–Kier alpha value is -1.08. The lowest BCUT2D eigenvalue weighted by Crippen LogP contribution is -2.37. The first-order valence-electron chi connectivity index (χ1n) is 3.66. The molecule has 0 aromatic rings. The second kappa shape index (κ2) is 2.21. The van der Waals surface area contributed by atoms with E-state index in [0.29, 0.717) is 6.10 Å². The van der Waals surface area contributed by atoms with E-state index >= 15 is 0 Å². The van der Waals surface area contributed by atoms with Gasteiger partial charge in [-0.2, -0.15) is 10.3 Å². The molecule has 2 atom stereocenters. The van der Waals surface area contributed by atoms with Crippen LogP contribution >= 0.6 is 0 Å². The number of likely N-dealkylation sites (N-methyl/N-ethyl adjacent to an activating group) is 1. The maximum absolute atomic E-state index is 8.35. The maximum atomic E-state index is 8.35. The van der Waals surface area contributed by atoms with Crippen molar-refractivity contribution in [3.63, 3.8) is 0 Å². The molecular formula is C7H9N3O. The van der Waals surface area contributed by atoms with Crippen LogP contribution in [-0.2, 0) is 4.74 Å². The van der Waals surface area contributed by atoms with Crippen molar-refractivity contribution in [2.45, 2.75) is 18.6 Å². The predicted molar refractivity (Wildman–Crippen MR) is 39.0 cm³/mol. The Morgan fingerprint density at radius 1 is 1.82 bits per heavy atom. The summed E-state index contributed by atoms with van der Waals surface area (Å²) in [6, 6.07) is 0. The number of hydrogen-bond donors (Lipinski definition) is 0. The average molecular weight is 151 g/mol. The minimum Gasteiger partial charge on any atom is -0.361 e. The van der Waals surface area contributed by atoms with Gasteiger partial charge >= 0.3 is 0 Å². The number of ether oxygens (including phenoxy) is 1. The Bertz CT molecular complexity index is 239. The number of rotatable bonds is 0. The highest BCUT2D eigenvalue weighted by Gasteiger charge is 2.47. The molecule has 0 amide bonds. The normalized spacial score (nSPS) is 38.2. The van der Waals surface area contributed by atoms with Crippen LogP contribution in [0.4, 0.5) is 0 Å². The molecule has 2 heterocycles. The largest absolute Gasteiger partial charge is 0.361 e. The first-order valence-corrected chi connectivity index (χ1v) is 3.66. The fourth-order valence-electron chi connectivity index (χ4n) is 1.44. The first kappa shape index (κ1) is 6.62. The number of epoxide rings is 1. The molecule has 0 radical (unpaired) electrons. The van der Waals surface area contributed by atoms with Gasteiger partial charge in [0.1, 0.15) is 11.9 Å². The number of hydrogen-bond acceptors (Lipinski definition) is 3. The van der Waals surface area contributed by atoms with Gasteiger partial charge in [-0.1, -0.05) is 0 Å². The molecule has 2 aliphatic heterocycles. The molecule has 2 saturated heterocycles. The Morgan fingerprint density at radius 3 is 3.36 bits per heavy atom. The Morgan fingerprint density at radius 2 is 2.64 bits per heavy atom. The average Bonchev–Trinajstić information content (AvgIpc) is 2.74. The third kappa shape index (κ3) is 0.976. The van der Waals surface area contributed by atoms with Crippen molar-refractivity contribution in [1.82, 2.24) is 4.90 Å². The SMILES string of the molecule is CN1CC[C@H]2O[C@@H]2C1=NC#N. The van der Waals surface area contributed by atoms with E-state index in [1.54, 1.807) is 6.19 Å². The van der Waals surface area contributed by atoms with Crippen LogP contribution in [0.25, 0.3) is 0 Å². The molecular weight excluding hydrogens is 142 g/mol. The number of fused-ring (bicyclic) bond motifs is 1. The number of piperidine rings is 1. The molecule has 4 nitrogen and oxygen atoms in total. The summed E-state index contributed by atoms with van der Waals surface area (Å²) in [5, 5.41) is 8.35. The van der Waals surface area contributed by atoms with Crippen molar-refractivity contribution in [1.29, 1.82) is 5.26 Å². The quantitative estimate of drug-likeness (QED) is 0.361. The minimum absolute atomic E-state index is 0.119. The molecule has 0 saturated carbocycles. The van der Waals surface area contributed by atoms with Crippen LogP contribution < -0.4 is 0 Å². The molecule has 2 rings (SSSR count). The summed E-state index contributed by atoms with van der Waals surface area (Å²) in [7, 11) is 1.94. The van der Waals surface area contributed by atoms with Gasteiger partial charge in [0.05, 0.1) is 6.10 Å². The zero-order valence-electron chi connectivity index (χ0n) is 6.32. The van der Waals surface area contributed by atoms with Gasteiger partial charge in [0.25, 0.3) is 0 Å². The summed E-state index contributed by atoms with van der Waals surface area (Å²) in [5.74, 6) is 0.795. The molecule has 4 heteroatoms. The van der Waals surface area contributed by atoms with Gasteiger partial charge in [0.15, 0.2) is 0 Å². The Labute approximate surface area is 65.1 Å². The van der Waals surface area contributed by atoms with Crippen LogP contribution in [-0.4, -0.2) is 36.5 Å². The van der Waals surface area contributed by atoms with Crippen molar-refractivity contribution in [2.75, 3.05) is 13.6 Å². The van der Waals surface area contributed by atoms with Gasteiger partial charge in [-0.15, -0.1) is 0 Å². The van der Waals surface area contributed by atoms with Crippen molar-refractivity contribution in [2.24, 2.45) is 4.99 Å². The number of aliphatic imine (C=N–C) groups is 1. The van der Waals surface area contributed by atoms with E-state index in [4.69, 9.17) is 10.00 Å². The molecule has 58 valence electrons. The first-order chi connectivity index (χ1) is 5.33. The molecule has 0 aliphatic carbocycles. The van der Waals surface area contributed by atoms with E-state index in [1.165, 1.54) is 0 Å². The highest BCUT2D eigenvalue weighted by molar-refractivity contribution is 5.90. The second-order valence-corrected chi connectivity index (χ2v) is 2.88. The van der Waals surface area contributed by atoms with Crippen LogP contribution in [0.2, 0.25) is 0 Å². The number of nitrogens with zero attached hydrogens (tertiary/aromatic N) is 3. The zero-order chi connectivity index (χ0) is 7.84. The van der Waals surface area contributed by atoms with Crippen molar-refractivity contribution < 1.29 is 4.74 Å². The summed E-state index contributed by atoms with van der Waals surface area (Å²) in [6.45, 7) is 0.946. The van der Waals surface area contributed by atoms with E-state index in [-0.39, 0.29) is 6.10 Å². The standard InChI is InChI=1S/C7H9N3O/c1-10-3-2-5-6(11-5)7(10)9-4-8/h5-6H,2-3H2,1H3/t5-,6+/m1/s1. The van der Waals surface area contributed by atoms with Gasteiger partial charge in [-0.05, 0) is 6.42 Å². The lowest BCUT2D eigenvalue weighted by Gasteiger charge is -2.21. The van der Waals surface area contributed by atoms with Crippen LogP contribution in [0.3, 0.4) is 0 Å². The van der Waals surface area contributed by atoms with Gasteiger partial charge in [-0.25, -0.2) is 0 Å². The van der Waals surface area contributed by atoms with E-state index < -0.39 is 0 Å². The molecule has 2 fully saturated rings. The summed E-state index contributed by atoms with van der Waals surface area (Å²) < 4.78 is 5.29. The maximum Gasteiger partial charge on any atom is 0.207 e. The van der Waals surface area contributed by atoms with E-state index in [0.717, 1.165) is 18.8 Å². The van der Waals surface area contributed by atoms with E-state index in [9.17, 15) is 0 Å². The smallest absolute Gasteiger partial charge is 0.207 e. The van der Waals surface area contributed by atoms with Gasteiger partial charge in [-0.3, -0.25) is 0 Å². The minimum atomic E-state index is 0.119. The third-order valence-corrected chi connectivity index (χ3v) is 2.14. The van der Waals surface area contributed by atoms with Crippen molar-refractivity contribution >= 4 is 5.84 Å². The third-order valence-electron chi connectivity index (χ3n) is 2.14. The van der Waals surface area contributed by atoms with Crippen LogP contribution in [0, 0.1) is 11.5 Å². The number of amidine groups is 1. The van der Waals surface area contributed by atoms with Gasteiger partial charge < -0.3 is 9.64 Å². The van der Waals surface area contributed by atoms with E-state index in [2.05, 4.69) is 4.99 Å². The number of nitriles is 1.